The molecule has 0 saturated heterocycles. The van der Waals surface area contributed by atoms with Crippen LogP contribution in [0.4, 0.5) is 4.79 Å². The van der Waals surface area contributed by atoms with Gasteiger partial charge in [0, 0.05) is 19.7 Å². The third-order valence-corrected chi connectivity index (χ3v) is 2.47. The van der Waals surface area contributed by atoms with Gasteiger partial charge in [0.2, 0.25) is 0 Å². The van der Waals surface area contributed by atoms with Crippen LogP contribution >= 0.6 is 0 Å². The average molecular weight is 319 g/mol. The average Bonchev–Trinajstić information content (AvgIpc) is 2.38. The Morgan fingerprint density at radius 3 is 2.09 bits per heavy atom. The molecule has 1 N–H and O–H groups in total. The fourth-order valence-corrected chi connectivity index (χ4v) is 1.49. The van der Waals surface area contributed by atoms with Gasteiger partial charge in [0.25, 0.3) is 0 Å². The molecule has 130 valence electrons. The molecular weight excluding hydrogens is 290 g/mol. The molecule has 0 rings (SSSR count). The van der Waals surface area contributed by atoms with E-state index in [2.05, 4.69) is 0 Å². The minimum atomic E-state index is -0.956. The SMILES string of the molecule is CCCOCCOCCN(CCC(=O)O)C(=O)OC(C)(C)C. The number of carboxylic acid groups (broad SMARTS) is 1. The summed E-state index contributed by atoms with van der Waals surface area (Å²) >= 11 is 0. The fraction of sp³-hybridized carbons (Fsp3) is 0.867. The first kappa shape index (κ1) is 20.7. The fourth-order valence-electron chi connectivity index (χ4n) is 1.49. The summed E-state index contributed by atoms with van der Waals surface area (Å²) in [6.07, 6.45) is 0.306. The van der Waals surface area contributed by atoms with Gasteiger partial charge in [0.15, 0.2) is 0 Å². The summed E-state index contributed by atoms with van der Waals surface area (Å²) in [5.74, 6) is -0.956. The molecule has 0 aromatic heterocycles. The number of ether oxygens (including phenoxy) is 3. The van der Waals surface area contributed by atoms with E-state index >= 15 is 0 Å². The van der Waals surface area contributed by atoms with Crippen LogP contribution in [0.25, 0.3) is 0 Å². The van der Waals surface area contributed by atoms with Crippen LogP contribution in [0.15, 0.2) is 0 Å². The first-order chi connectivity index (χ1) is 10.3. The van der Waals surface area contributed by atoms with Gasteiger partial charge in [0.05, 0.1) is 26.2 Å². The molecule has 0 aromatic carbocycles. The summed E-state index contributed by atoms with van der Waals surface area (Å²) in [6.45, 7) is 9.68. The third-order valence-electron chi connectivity index (χ3n) is 2.47. The molecule has 0 fully saturated rings. The number of hydrogen-bond donors (Lipinski definition) is 1. The number of amides is 1. The molecule has 0 radical (unpaired) electrons. The second-order valence-electron chi connectivity index (χ2n) is 5.84. The Balaban J connectivity index is 4.13. The predicted octanol–water partition coefficient (Wildman–Crippen LogP) is 2.14. The van der Waals surface area contributed by atoms with Crippen LogP contribution in [0.1, 0.15) is 40.5 Å². The van der Waals surface area contributed by atoms with E-state index in [1.54, 1.807) is 20.8 Å². The van der Waals surface area contributed by atoms with Crippen molar-refractivity contribution in [2.24, 2.45) is 0 Å². The van der Waals surface area contributed by atoms with Gasteiger partial charge in [-0.2, -0.15) is 0 Å². The highest BCUT2D eigenvalue weighted by atomic mass is 16.6. The molecule has 0 atom stereocenters. The monoisotopic (exact) mass is 319 g/mol. The predicted molar refractivity (Wildman–Crippen MR) is 82.0 cm³/mol. The van der Waals surface area contributed by atoms with E-state index in [-0.39, 0.29) is 19.5 Å². The van der Waals surface area contributed by atoms with Crippen molar-refractivity contribution >= 4 is 12.1 Å². The van der Waals surface area contributed by atoms with E-state index in [1.807, 2.05) is 6.92 Å². The van der Waals surface area contributed by atoms with Crippen LogP contribution < -0.4 is 0 Å². The molecule has 0 heterocycles. The summed E-state index contributed by atoms with van der Waals surface area (Å²) < 4.78 is 15.9. The van der Waals surface area contributed by atoms with Crippen LogP contribution in [-0.4, -0.2) is 67.2 Å². The zero-order valence-corrected chi connectivity index (χ0v) is 14.1. The van der Waals surface area contributed by atoms with E-state index in [0.717, 1.165) is 6.42 Å². The van der Waals surface area contributed by atoms with Crippen molar-refractivity contribution in [3.63, 3.8) is 0 Å². The Kier molecular flexibility index (Phi) is 10.6. The number of rotatable bonds is 11. The molecule has 0 saturated carbocycles. The quantitative estimate of drug-likeness (QED) is 0.587. The van der Waals surface area contributed by atoms with Gasteiger partial charge in [-0.05, 0) is 27.2 Å². The van der Waals surface area contributed by atoms with E-state index in [0.29, 0.717) is 26.4 Å². The molecule has 0 aliphatic carbocycles. The van der Waals surface area contributed by atoms with Crippen molar-refractivity contribution in [1.29, 1.82) is 0 Å². The van der Waals surface area contributed by atoms with Crippen molar-refractivity contribution in [3.05, 3.63) is 0 Å². The molecular formula is C15H29NO6. The van der Waals surface area contributed by atoms with Gasteiger partial charge in [0.1, 0.15) is 5.60 Å². The van der Waals surface area contributed by atoms with E-state index in [4.69, 9.17) is 19.3 Å². The van der Waals surface area contributed by atoms with Crippen molar-refractivity contribution < 1.29 is 28.9 Å². The maximum absolute atomic E-state index is 12.0. The summed E-state index contributed by atoms with van der Waals surface area (Å²) in [6, 6.07) is 0. The summed E-state index contributed by atoms with van der Waals surface area (Å²) in [5, 5.41) is 8.74. The lowest BCUT2D eigenvalue weighted by molar-refractivity contribution is -0.137. The van der Waals surface area contributed by atoms with Gasteiger partial charge in [-0.1, -0.05) is 6.92 Å². The van der Waals surface area contributed by atoms with E-state index in [9.17, 15) is 9.59 Å². The molecule has 7 nitrogen and oxygen atoms in total. The van der Waals surface area contributed by atoms with Crippen LogP contribution in [0, 0.1) is 0 Å². The molecule has 0 aliphatic heterocycles. The Labute approximate surface area is 132 Å². The van der Waals surface area contributed by atoms with Crippen molar-refractivity contribution in [2.45, 2.75) is 46.1 Å². The number of aliphatic carboxylic acids is 1. The lowest BCUT2D eigenvalue weighted by Crippen LogP contribution is -2.40. The first-order valence-corrected chi connectivity index (χ1v) is 7.61. The zero-order chi connectivity index (χ0) is 17.0. The summed E-state index contributed by atoms with van der Waals surface area (Å²) in [7, 11) is 0. The molecule has 0 aromatic rings. The number of nitrogens with zero attached hydrogens (tertiary/aromatic N) is 1. The maximum Gasteiger partial charge on any atom is 0.410 e. The Bertz CT molecular complexity index is 326. The molecule has 0 bridgehead atoms. The van der Waals surface area contributed by atoms with Gasteiger partial charge >= 0.3 is 12.1 Å². The van der Waals surface area contributed by atoms with Crippen molar-refractivity contribution in [2.75, 3.05) is 39.5 Å². The van der Waals surface area contributed by atoms with Crippen LogP contribution in [-0.2, 0) is 19.0 Å². The number of carbonyl (C=O) groups is 2. The van der Waals surface area contributed by atoms with Crippen LogP contribution in [0.3, 0.4) is 0 Å². The Morgan fingerprint density at radius 2 is 1.59 bits per heavy atom. The highest BCUT2D eigenvalue weighted by Gasteiger charge is 2.22. The topological polar surface area (TPSA) is 85.3 Å². The lowest BCUT2D eigenvalue weighted by atomic mass is 10.2. The summed E-state index contributed by atoms with van der Waals surface area (Å²) in [5.41, 5.74) is -0.618. The molecule has 22 heavy (non-hydrogen) atoms. The highest BCUT2D eigenvalue weighted by molar-refractivity contribution is 5.70. The largest absolute Gasteiger partial charge is 0.481 e. The second-order valence-corrected chi connectivity index (χ2v) is 5.84. The maximum atomic E-state index is 12.0. The third kappa shape index (κ3) is 12.4. The summed E-state index contributed by atoms with van der Waals surface area (Å²) in [4.78, 5) is 24.0. The Hall–Kier alpha value is -1.34. The van der Waals surface area contributed by atoms with Crippen molar-refractivity contribution in [3.8, 4) is 0 Å². The van der Waals surface area contributed by atoms with Gasteiger partial charge in [-0.15, -0.1) is 0 Å². The zero-order valence-electron chi connectivity index (χ0n) is 14.1. The molecule has 7 heteroatoms. The van der Waals surface area contributed by atoms with E-state index in [1.165, 1.54) is 4.90 Å². The van der Waals surface area contributed by atoms with Crippen molar-refractivity contribution in [1.82, 2.24) is 4.90 Å². The van der Waals surface area contributed by atoms with Gasteiger partial charge in [-0.25, -0.2) is 4.79 Å². The standard InChI is InChI=1S/C15H29NO6/c1-5-9-20-11-12-21-10-8-16(7-6-13(17)18)14(19)22-15(2,3)4/h5-12H2,1-4H3,(H,17,18). The van der Waals surface area contributed by atoms with Crippen LogP contribution in [0.5, 0.6) is 0 Å². The Morgan fingerprint density at radius 1 is 1.00 bits per heavy atom. The number of carboxylic acids is 1. The minimum absolute atomic E-state index is 0.0972. The van der Waals surface area contributed by atoms with Crippen LogP contribution in [0.2, 0.25) is 0 Å². The lowest BCUT2D eigenvalue weighted by Gasteiger charge is -2.27. The van der Waals surface area contributed by atoms with Gasteiger partial charge in [-0.3, -0.25) is 4.79 Å². The second kappa shape index (κ2) is 11.3. The van der Waals surface area contributed by atoms with Gasteiger partial charge < -0.3 is 24.2 Å². The molecule has 1 amide bonds. The molecule has 0 aliphatic rings. The number of hydrogen-bond acceptors (Lipinski definition) is 5. The first-order valence-electron chi connectivity index (χ1n) is 7.61. The molecule has 0 unspecified atom stereocenters. The minimum Gasteiger partial charge on any atom is -0.481 e. The van der Waals surface area contributed by atoms with E-state index < -0.39 is 17.7 Å². The highest BCUT2D eigenvalue weighted by Crippen LogP contribution is 2.10. The smallest absolute Gasteiger partial charge is 0.410 e. The number of carbonyl (C=O) groups excluding carboxylic acids is 1. The normalized spacial score (nSPS) is 11.3. The molecule has 0 spiro atoms.